The summed E-state index contributed by atoms with van der Waals surface area (Å²) in [6.45, 7) is 4.45. The van der Waals surface area contributed by atoms with Crippen molar-refractivity contribution < 1.29 is 10.0 Å². The van der Waals surface area contributed by atoms with Crippen LogP contribution in [0.15, 0.2) is 42.5 Å². The predicted molar refractivity (Wildman–Crippen MR) is 95.8 cm³/mol. The Bertz CT molecular complexity index is 887. The SMILES string of the molecule is CCNCCn1c(Cc2ccc(O)cc2)nc2cc([N+](=O)[O-])ccc21. The van der Waals surface area contributed by atoms with Crippen molar-refractivity contribution in [2.24, 2.45) is 0 Å². The standard InChI is InChI=1S/C18H20N4O3/c1-2-19-9-10-21-17-8-5-14(22(24)25)12-16(17)20-18(21)11-13-3-6-15(23)7-4-13/h3-8,12,19,23H,2,9-11H2,1H3. The van der Waals surface area contributed by atoms with E-state index in [9.17, 15) is 15.2 Å². The molecule has 1 heterocycles. The molecule has 1 aromatic heterocycles. The number of hydrogen-bond donors (Lipinski definition) is 2. The largest absolute Gasteiger partial charge is 0.508 e. The van der Waals surface area contributed by atoms with Crippen molar-refractivity contribution in [1.82, 2.24) is 14.9 Å². The van der Waals surface area contributed by atoms with Crippen LogP contribution >= 0.6 is 0 Å². The minimum absolute atomic E-state index is 0.0417. The number of phenolic OH excluding ortho intramolecular Hbond substituents is 1. The van der Waals surface area contributed by atoms with E-state index in [0.717, 1.165) is 36.5 Å². The van der Waals surface area contributed by atoms with Crippen LogP contribution in [0.1, 0.15) is 18.3 Å². The quantitative estimate of drug-likeness (QED) is 0.392. The summed E-state index contributed by atoms with van der Waals surface area (Å²) in [7, 11) is 0. The Labute approximate surface area is 145 Å². The molecule has 7 heteroatoms. The highest BCUT2D eigenvalue weighted by molar-refractivity contribution is 5.78. The number of aromatic hydroxyl groups is 1. The summed E-state index contributed by atoms with van der Waals surface area (Å²) in [4.78, 5) is 15.2. The summed E-state index contributed by atoms with van der Waals surface area (Å²) in [6, 6.07) is 11.8. The molecule has 2 N–H and O–H groups in total. The van der Waals surface area contributed by atoms with Gasteiger partial charge in [-0.25, -0.2) is 4.98 Å². The molecular formula is C18H20N4O3. The number of phenols is 1. The van der Waals surface area contributed by atoms with Crippen molar-refractivity contribution >= 4 is 16.7 Å². The maximum Gasteiger partial charge on any atom is 0.271 e. The Hall–Kier alpha value is -2.93. The van der Waals surface area contributed by atoms with Crippen LogP contribution in [-0.4, -0.2) is 32.7 Å². The van der Waals surface area contributed by atoms with E-state index >= 15 is 0 Å². The average molecular weight is 340 g/mol. The van der Waals surface area contributed by atoms with Crippen molar-refractivity contribution in [2.45, 2.75) is 19.9 Å². The zero-order valence-corrected chi connectivity index (χ0v) is 14.0. The van der Waals surface area contributed by atoms with Gasteiger partial charge in [-0.05, 0) is 30.3 Å². The van der Waals surface area contributed by atoms with E-state index in [1.807, 2.05) is 19.1 Å². The van der Waals surface area contributed by atoms with E-state index in [2.05, 4.69) is 14.9 Å². The number of nitro groups is 1. The Morgan fingerprint density at radius 2 is 2.00 bits per heavy atom. The molecular weight excluding hydrogens is 320 g/mol. The number of benzene rings is 2. The number of nitro benzene ring substituents is 1. The number of aromatic nitrogens is 2. The lowest BCUT2D eigenvalue weighted by atomic mass is 10.1. The zero-order valence-electron chi connectivity index (χ0n) is 14.0. The minimum Gasteiger partial charge on any atom is -0.508 e. The maximum atomic E-state index is 11.0. The van der Waals surface area contributed by atoms with Gasteiger partial charge in [0.05, 0.1) is 16.0 Å². The molecule has 2 aromatic carbocycles. The summed E-state index contributed by atoms with van der Waals surface area (Å²) >= 11 is 0. The van der Waals surface area contributed by atoms with E-state index in [-0.39, 0.29) is 11.4 Å². The molecule has 0 bridgehead atoms. The van der Waals surface area contributed by atoms with Crippen LogP contribution in [0.4, 0.5) is 5.69 Å². The van der Waals surface area contributed by atoms with Gasteiger partial charge in [-0.15, -0.1) is 0 Å². The molecule has 0 aliphatic heterocycles. The Morgan fingerprint density at radius 1 is 1.24 bits per heavy atom. The molecule has 0 atom stereocenters. The molecule has 0 saturated heterocycles. The number of fused-ring (bicyclic) bond motifs is 1. The Morgan fingerprint density at radius 3 is 2.68 bits per heavy atom. The van der Waals surface area contributed by atoms with Gasteiger partial charge in [0.15, 0.2) is 0 Å². The van der Waals surface area contributed by atoms with Gasteiger partial charge in [0.2, 0.25) is 0 Å². The Kier molecular flexibility index (Phi) is 4.95. The van der Waals surface area contributed by atoms with Gasteiger partial charge in [0.1, 0.15) is 11.6 Å². The number of imidazole rings is 1. The third-order valence-corrected chi connectivity index (χ3v) is 4.08. The average Bonchev–Trinajstić information content (AvgIpc) is 2.94. The van der Waals surface area contributed by atoms with Gasteiger partial charge < -0.3 is 15.0 Å². The fraction of sp³-hybridized carbons (Fsp3) is 0.278. The summed E-state index contributed by atoms with van der Waals surface area (Å²) in [6.07, 6.45) is 0.592. The summed E-state index contributed by atoms with van der Waals surface area (Å²) in [5.41, 5.74) is 2.57. The topological polar surface area (TPSA) is 93.2 Å². The third kappa shape index (κ3) is 3.77. The number of nitrogens with zero attached hydrogens (tertiary/aromatic N) is 3. The van der Waals surface area contributed by atoms with Crippen molar-refractivity contribution in [3.05, 3.63) is 64.0 Å². The van der Waals surface area contributed by atoms with Crippen LogP contribution < -0.4 is 5.32 Å². The second-order valence-corrected chi connectivity index (χ2v) is 5.81. The minimum atomic E-state index is -0.406. The van der Waals surface area contributed by atoms with Gasteiger partial charge in [-0.2, -0.15) is 0 Å². The number of likely N-dealkylation sites (N-methyl/N-ethyl adjacent to an activating group) is 1. The monoisotopic (exact) mass is 340 g/mol. The van der Waals surface area contributed by atoms with Crippen molar-refractivity contribution in [3.8, 4) is 5.75 Å². The first-order valence-corrected chi connectivity index (χ1v) is 8.20. The predicted octanol–water partition coefficient (Wildman–Crippen LogP) is 2.85. The second kappa shape index (κ2) is 7.31. The molecule has 0 spiro atoms. The highest BCUT2D eigenvalue weighted by Gasteiger charge is 2.15. The molecule has 3 aromatic rings. The molecule has 3 rings (SSSR count). The molecule has 0 radical (unpaired) electrons. The van der Waals surface area contributed by atoms with Crippen LogP contribution in [0.25, 0.3) is 11.0 Å². The molecule has 25 heavy (non-hydrogen) atoms. The van der Waals surface area contributed by atoms with Gasteiger partial charge >= 0.3 is 0 Å². The van der Waals surface area contributed by atoms with E-state index < -0.39 is 4.92 Å². The van der Waals surface area contributed by atoms with Crippen LogP contribution in [0.3, 0.4) is 0 Å². The van der Waals surface area contributed by atoms with E-state index in [4.69, 9.17) is 0 Å². The van der Waals surface area contributed by atoms with Crippen molar-refractivity contribution in [2.75, 3.05) is 13.1 Å². The third-order valence-electron chi connectivity index (χ3n) is 4.08. The molecule has 0 fully saturated rings. The molecule has 0 amide bonds. The summed E-state index contributed by atoms with van der Waals surface area (Å²) in [5.74, 6) is 1.07. The fourth-order valence-corrected chi connectivity index (χ4v) is 2.83. The van der Waals surface area contributed by atoms with Crippen LogP contribution in [0, 0.1) is 10.1 Å². The Balaban J connectivity index is 1.99. The van der Waals surface area contributed by atoms with Crippen LogP contribution in [-0.2, 0) is 13.0 Å². The number of non-ortho nitro benzene ring substituents is 1. The zero-order chi connectivity index (χ0) is 17.8. The van der Waals surface area contributed by atoms with Gasteiger partial charge in [0.25, 0.3) is 5.69 Å². The van der Waals surface area contributed by atoms with Gasteiger partial charge in [0, 0.05) is 31.6 Å². The highest BCUT2D eigenvalue weighted by atomic mass is 16.6. The second-order valence-electron chi connectivity index (χ2n) is 5.81. The van der Waals surface area contributed by atoms with Gasteiger partial charge in [-0.3, -0.25) is 10.1 Å². The molecule has 0 saturated carbocycles. The first kappa shape index (κ1) is 16.9. The van der Waals surface area contributed by atoms with E-state index in [0.29, 0.717) is 11.9 Å². The first-order valence-electron chi connectivity index (χ1n) is 8.20. The van der Waals surface area contributed by atoms with Crippen molar-refractivity contribution in [3.63, 3.8) is 0 Å². The molecule has 0 aliphatic carbocycles. The highest BCUT2D eigenvalue weighted by Crippen LogP contribution is 2.23. The summed E-state index contributed by atoms with van der Waals surface area (Å²) in [5, 5.41) is 23.7. The number of hydrogen-bond acceptors (Lipinski definition) is 5. The smallest absolute Gasteiger partial charge is 0.271 e. The molecule has 0 unspecified atom stereocenters. The number of nitrogens with one attached hydrogen (secondary N) is 1. The van der Waals surface area contributed by atoms with Crippen LogP contribution in [0.5, 0.6) is 5.75 Å². The van der Waals surface area contributed by atoms with E-state index in [1.54, 1.807) is 18.2 Å². The lowest BCUT2D eigenvalue weighted by Crippen LogP contribution is -2.20. The molecule has 130 valence electrons. The summed E-state index contributed by atoms with van der Waals surface area (Å²) < 4.78 is 2.09. The molecule has 0 aliphatic rings. The number of rotatable bonds is 7. The lowest BCUT2D eigenvalue weighted by molar-refractivity contribution is -0.384. The normalized spacial score (nSPS) is 11.1. The van der Waals surface area contributed by atoms with Crippen LogP contribution in [0.2, 0.25) is 0 Å². The fourth-order valence-electron chi connectivity index (χ4n) is 2.83. The first-order chi connectivity index (χ1) is 12.1. The van der Waals surface area contributed by atoms with E-state index in [1.165, 1.54) is 12.1 Å². The maximum absolute atomic E-state index is 11.0. The molecule has 7 nitrogen and oxygen atoms in total. The lowest BCUT2D eigenvalue weighted by Gasteiger charge is -2.10. The van der Waals surface area contributed by atoms with Crippen molar-refractivity contribution in [1.29, 1.82) is 0 Å². The van der Waals surface area contributed by atoms with Gasteiger partial charge in [-0.1, -0.05) is 19.1 Å².